The van der Waals surface area contributed by atoms with Crippen molar-refractivity contribution >= 4 is 40.9 Å². The number of carbonyl (C=O) groups excluding carboxylic acids is 1. The molecule has 0 aliphatic carbocycles. The van der Waals surface area contributed by atoms with Gasteiger partial charge < -0.3 is 15.0 Å². The topological polar surface area (TPSA) is 41.6 Å². The number of rotatable bonds is 2. The van der Waals surface area contributed by atoms with E-state index in [0.717, 1.165) is 41.1 Å². The monoisotopic (exact) mass is 408 g/mol. The predicted molar refractivity (Wildman–Crippen MR) is 88.7 cm³/mol. The summed E-state index contributed by atoms with van der Waals surface area (Å²) in [5.41, 5.74) is 0.786. The van der Waals surface area contributed by atoms with E-state index >= 15 is 0 Å². The minimum Gasteiger partial charge on any atom is -0.497 e. The van der Waals surface area contributed by atoms with Gasteiger partial charge in [0.05, 0.1) is 12.7 Å². The third kappa shape index (κ3) is 2.89. The Balaban J connectivity index is 0.00000147. The maximum absolute atomic E-state index is 12.6. The fraction of sp³-hybridized carbons (Fsp3) is 0.500. The second kappa shape index (κ2) is 6.49. The number of nitrogens with one attached hydrogen (secondary N) is 1. The van der Waals surface area contributed by atoms with Crippen LogP contribution in [0.3, 0.4) is 0 Å². The number of amides is 1. The number of fused-ring (bicyclic) bond motifs is 1. The molecule has 0 bridgehead atoms. The number of methoxy groups -OCH3 is 1. The highest BCUT2D eigenvalue weighted by Crippen LogP contribution is 2.29. The molecule has 1 aromatic rings. The van der Waals surface area contributed by atoms with Crippen molar-refractivity contribution in [3.63, 3.8) is 0 Å². The lowest BCUT2D eigenvalue weighted by Crippen LogP contribution is -2.32. The maximum atomic E-state index is 12.6. The number of halogens is 2. The molecule has 3 rings (SSSR count). The third-order valence-corrected chi connectivity index (χ3v) is 4.98. The maximum Gasteiger partial charge on any atom is 0.254 e. The molecule has 2 fully saturated rings. The van der Waals surface area contributed by atoms with Gasteiger partial charge in [-0.2, -0.15) is 0 Å². The largest absolute Gasteiger partial charge is 0.497 e. The molecule has 0 saturated carbocycles. The van der Waals surface area contributed by atoms with Gasteiger partial charge in [-0.1, -0.05) is 0 Å². The molecule has 2 saturated heterocycles. The van der Waals surface area contributed by atoms with Crippen molar-refractivity contribution in [3.8, 4) is 5.75 Å². The van der Waals surface area contributed by atoms with E-state index in [-0.39, 0.29) is 18.3 Å². The van der Waals surface area contributed by atoms with Crippen LogP contribution in [0.2, 0.25) is 0 Å². The Morgan fingerprint density at radius 2 is 2.00 bits per heavy atom. The zero-order valence-electron chi connectivity index (χ0n) is 11.3. The first-order valence-electron chi connectivity index (χ1n) is 6.52. The van der Waals surface area contributed by atoms with Gasteiger partial charge in [-0.15, -0.1) is 12.4 Å². The Kier molecular flexibility index (Phi) is 5.14. The smallest absolute Gasteiger partial charge is 0.254 e. The number of hydrogen-bond donors (Lipinski definition) is 1. The van der Waals surface area contributed by atoms with E-state index in [1.54, 1.807) is 7.11 Å². The van der Waals surface area contributed by atoms with E-state index in [4.69, 9.17) is 4.74 Å². The first-order valence-corrected chi connectivity index (χ1v) is 7.60. The summed E-state index contributed by atoms with van der Waals surface area (Å²) in [6.07, 6.45) is 0. The second-order valence-corrected chi connectivity index (χ2v) is 6.40. The van der Waals surface area contributed by atoms with E-state index in [1.807, 2.05) is 23.1 Å². The molecular weight excluding hydrogens is 391 g/mol. The average molecular weight is 409 g/mol. The summed E-state index contributed by atoms with van der Waals surface area (Å²) in [6.45, 7) is 3.87. The molecule has 0 radical (unpaired) electrons. The molecule has 0 spiro atoms. The zero-order valence-corrected chi connectivity index (χ0v) is 14.2. The van der Waals surface area contributed by atoms with Crippen LogP contribution in [0, 0.1) is 15.4 Å². The van der Waals surface area contributed by atoms with Gasteiger partial charge in [0.2, 0.25) is 0 Å². The summed E-state index contributed by atoms with van der Waals surface area (Å²) in [5, 5.41) is 3.39. The molecule has 4 nitrogen and oxygen atoms in total. The fourth-order valence-corrected chi connectivity index (χ4v) is 3.71. The highest BCUT2D eigenvalue weighted by Gasteiger charge is 2.38. The molecule has 20 heavy (non-hydrogen) atoms. The molecule has 2 atom stereocenters. The Morgan fingerprint density at radius 1 is 1.35 bits per heavy atom. The predicted octanol–water partition coefficient (Wildman–Crippen LogP) is 2.01. The van der Waals surface area contributed by atoms with Crippen LogP contribution in [-0.4, -0.2) is 44.1 Å². The number of carbonyl (C=O) groups is 1. The van der Waals surface area contributed by atoms with Crippen molar-refractivity contribution in [1.82, 2.24) is 10.2 Å². The molecule has 1 amide bonds. The van der Waals surface area contributed by atoms with Crippen LogP contribution < -0.4 is 10.1 Å². The van der Waals surface area contributed by atoms with Crippen molar-refractivity contribution in [3.05, 3.63) is 27.3 Å². The minimum atomic E-state index is 0. The van der Waals surface area contributed by atoms with Crippen LogP contribution in [0.1, 0.15) is 10.4 Å². The Bertz CT molecular complexity index is 500. The lowest BCUT2D eigenvalue weighted by Gasteiger charge is -2.18. The number of nitrogens with zero attached hydrogens (tertiary/aromatic N) is 1. The fourth-order valence-electron chi connectivity index (χ4n) is 2.99. The summed E-state index contributed by atoms with van der Waals surface area (Å²) in [5.74, 6) is 2.23. The quantitative estimate of drug-likeness (QED) is 0.761. The van der Waals surface area contributed by atoms with E-state index in [9.17, 15) is 4.79 Å². The zero-order chi connectivity index (χ0) is 13.4. The summed E-state index contributed by atoms with van der Waals surface area (Å²) >= 11 is 2.20. The lowest BCUT2D eigenvalue weighted by atomic mass is 10.0. The van der Waals surface area contributed by atoms with Gasteiger partial charge in [0, 0.05) is 29.7 Å². The second-order valence-electron chi connectivity index (χ2n) is 5.23. The number of benzene rings is 1. The van der Waals surface area contributed by atoms with Crippen molar-refractivity contribution < 1.29 is 9.53 Å². The Labute approximate surface area is 138 Å². The number of ether oxygens (including phenoxy) is 1. The summed E-state index contributed by atoms with van der Waals surface area (Å²) in [7, 11) is 1.64. The third-order valence-electron chi connectivity index (χ3n) is 4.08. The van der Waals surface area contributed by atoms with Gasteiger partial charge in [0.1, 0.15) is 5.75 Å². The Hall–Kier alpha value is -0.530. The van der Waals surface area contributed by atoms with Crippen molar-refractivity contribution in [2.24, 2.45) is 11.8 Å². The van der Waals surface area contributed by atoms with Crippen LogP contribution in [0.15, 0.2) is 18.2 Å². The Morgan fingerprint density at radius 3 is 2.55 bits per heavy atom. The highest BCUT2D eigenvalue weighted by molar-refractivity contribution is 14.1. The molecule has 110 valence electrons. The van der Waals surface area contributed by atoms with Gasteiger partial charge in [-0.25, -0.2) is 0 Å². The standard InChI is InChI=1S/C14H17IN2O2.ClH/c1-19-11-2-3-12(13(15)4-11)14(18)17-7-9-5-16-6-10(9)8-17;/h2-4,9-10,16H,5-8H2,1H3;1H/t9-,10+;. The summed E-state index contributed by atoms with van der Waals surface area (Å²) in [4.78, 5) is 14.6. The van der Waals surface area contributed by atoms with E-state index in [2.05, 4.69) is 27.9 Å². The van der Waals surface area contributed by atoms with Crippen LogP contribution in [0.4, 0.5) is 0 Å². The molecule has 0 aromatic heterocycles. The first kappa shape index (κ1) is 15.9. The SMILES string of the molecule is COc1ccc(C(=O)N2C[C@H]3CNC[C@H]3C2)c(I)c1.Cl. The van der Waals surface area contributed by atoms with Crippen LogP contribution in [0.5, 0.6) is 5.75 Å². The van der Waals surface area contributed by atoms with Gasteiger partial charge in [0.25, 0.3) is 5.91 Å². The summed E-state index contributed by atoms with van der Waals surface area (Å²) < 4.78 is 6.13. The van der Waals surface area contributed by atoms with Gasteiger partial charge >= 0.3 is 0 Å². The molecule has 1 N–H and O–H groups in total. The van der Waals surface area contributed by atoms with E-state index in [1.165, 1.54) is 0 Å². The van der Waals surface area contributed by atoms with Gasteiger partial charge in [-0.3, -0.25) is 4.79 Å². The molecular formula is C14H18ClIN2O2. The highest BCUT2D eigenvalue weighted by atomic mass is 127. The molecule has 2 aliphatic rings. The lowest BCUT2D eigenvalue weighted by molar-refractivity contribution is 0.0780. The van der Waals surface area contributed by atoms with E-state index < -0.39 is 0 Å². The molecule has 1 aromatic carbocycles. The molecule has 2 aliphatic heterocycles. The van der Waals surface area contributed by atoms with Crippen molar-refractivity contribution in [1.29, 1.82) is 0 Å². The average Bonchev–Trinajstić information content (AvgIpc) is 2.98. The first-order chi connectivity index (χ1) is 9.19. The van der Waals surface area contributed by atoms with Crippen molar-refractivity contribution in [2.75, 3.05) is 33.3 Å². The summed E-state index contributed by atoms with van der Waals surface area (Å²) in [6, 6.07) is 5.63. The van der Waals surface area contributed by atoms with Gasteiger partial charge in [-0.05, 0) is 52.6 Å². The molecule has 2 heterocycles. The van der Waals surface area contributed by atoms with Crippen LogP contribution in [0.25, 0.3) is 0 Å². The van der Waals surface area contributed by atoms with Crippen LogP contribution >= 0.6 is 35.0 Å². The van der Waals surface area contributed by atoms with Crippen LogP contribution in [-0.2, 0) is 0 Å². The normalized spacial score (nSPS) is 24.2. The number of likely N-dealkylation sites (tertiary alicyclic amines) is 1. The molecule has 6 heteroatoms. The van der Waals surface area contributed by atoms with Crippen molar-refractivity contribution in [2.45, 2.75) is 0 Å². The number of hydrogen-bond acceptors (Lipinski definition) is 3. The molecule has 0 unspecified atom stereocenters. The van der Waals surface area contributed by atoms with Gasteiger partial charge in [0.15, 0.2) is 0 Å². The van der Waals surface area contributed by atoms with E-state index in [0.29, 0.717) is 11.8 Å². The minimum absolute atomic E-state index is 0.